The Morgan fingerprint density at radius 1 is 1.00 bits per heavy atom. The van der Waals surface area contributed by atoms with E-state index in [2.05, 4.69) is 42.6 Å². The first-order valence-corrected chi connectivity index (χ1v) is 10.5. The molecule has 0 aromatic heterocycles. The highest BCUT2D eigenvalue weighted by Crippen LogP contribution is 2.25. The van der Waals surface area contributed by atoms with Crippen molar-refractivity contribution in [2.75, 3.05) is 44.6 Å². The molecule has 2 aliphatic rings. The molecule has 1 fully saturated rings. The van der Waals surface area contributed by atoms with Crippen molar-refractivity contribution in [1.82, 2.24) is 0 Å². The molecule has 0 unspecified atom stereocenters. The molecule has 5 nitrogen and oxygen atoms in total. The van der Waals surface area contributed by atoms with E-state index < -0.39 is 0 Å². The molecule has 148 valence electrons. The Balaban J connectivity index is 1.22. The van der Waals surface area contributed by atoms with Gasteiger partial charge in [-0.1, -0.05) is 19.1 Å². The van der Waals surface area contributed by atoms with E-state index in [9.17, 15) is 4.79 Å². The number of amides is 1. The van der Waals surface area contributed by atoms with E-state index in [1.54, 1.807) is 4.90 Å². The molecule has 0 spiro atoms. The maximum atomic E-state index is 12.4. The molecular weight excluding hydrogens is 350 g/mol. The van der Waals surface area contributed by atoms with Crippen molar-refractivity contribution in [1.29, 1.82) is 0 Å². The monoisotopic (exact) mass is 381 g/mol. The predicted octanol–water partition coefficient (Wildman–Crippen LogP) is 0.106. The van der Waals surface area contributed by atoms with E-state index in [-0.39, 0.29) is 5.91 Å². The van der Waals surface area contributed by atoms with Crippen LogP contribution in [0.5, 0.6) is 5.75 Å². The Bertz CT molecular complexity index is 811. The first-order valence-electron chi connectivity index (χ1n) is 10.5. The van der Waals surface area contributed by atoms with Gasteiger partial charge in [-0.25, -0.2) is 0 Å². The maximum Gasteiger partial charge on any atom is 0.279 e. The normalized spacial score (nSPS) is 21.0. The highest BCUT2D eigenvalue weighted by molar-refractivity contribution is 5.91. The van der Waals surface area contributed by atoms with Crippen LogP contribution in [-0.4, -0.2) is 45.2 Å². The molecule has 1 amide bonds. The second-order valence-electron chi connectivity index (χ2n) is 7.99. The molecule has 0 aliphatic carbocycles. The average molecular weight is 382 g/mol. The maximum absolute atomic E-state index is 12.4. The zero-order valence-electron chi connectivity index (χ0n) is 16.7. The van der Waals surface area contributed by atoms with E-state index in [1.165, 1.54) is 21.6 Å². The van der Waals surface area contributed by atoms with Gasteiger partial charge in [0.05, 0.1) is 6.61 Å². The van der Waals surface area contributed by atoms with Gasteiger partial charge in [-0.3, -0.25) is 4.79 Å². The van der Waals surface area contributed by atoms with Crippen molar-refractivity contribution in [3.05, 3.63) is 59.2 Å². The number of ether oxygens (including phenoxy) is 1. The SMILES string of the molecule is CCc1ccc(NC(=O)C[NH+]2CC[NH+](Cc3ccc4c(c3)CCO4)CC2)cc1. The fourth-order valence-corrected chi connectivity index (χ4v) is 4.21. The molecule has 1 saturated heterocycles. The third kappa shape index (κ3) is 4.72. The third-order valence-electron chi connectivity index (χ3n) is 5.93. The Morgan fingerprint density at radius 2 is 1.71 bits per heavy atom. The van der Waals surface area contributed by atoms with E-state index in [0.29, 0.717) is 6.54 Å². The molecule has 2 aromatic rings. The molecule has 4 rings (SSSR count). The minimum Gasteiger partial charge on any atom is -0.493 e. The van der Waals surface area contributed by atoms with Crippen LogP contribution in [0.3, 0.4) is 0 Å². The smallest absolute Gasteiger partial charge is 0.279 e. The lowest BCUT2D eigenvalue weighted by Crippen LogP contribution is -3.28. The number of quaternary nitrogens is 2. The number of carbonyl (C=O) groups is 1. The number of piperazine rings is 1. The molecule has 0 bridgehead atoms. The van der Waals surface area contributed by atoms with Gasteiger partial charge < -0.3 is 19.9 Å². The van der Waals surface area contributed by atoms with E-state index in [0.717, 1.165) is 63.6 Å². The minimum absolute atomic E-state index is 0.112. The molecule has 0 atom stereocenters. The summed E-state index contributed by atoms with van der Waals surface area (Å²) in [5.41, 5.74) is 4.94. The van der Waals surface area contributed by atoms with Gasteiger partial charge in [0.1, 0.15) is 38.5 Å². The van der Waals surface area contributed by atoms with Crippen LogP contribution in [0.25, 0.3) is 0 Å². The van der Waals surface area contributed by atoms with Gasteiger partial charge in [0.2, 0.25) is 0 Å². The van der Waals surface area contributed by atoms with Crippen LogP contribution in [0.15, 0.2) is 42.5 Å². The van der Waals surface area contributed by atoms with Gasteiger partial charge in [0.15, 0.2) is 6.54 Å². The van der Waals surface area contributed by atoms with Crippen molar-refractivity contribution in [3.63, 3.8) is 0 Å². The van der Waals surface area contributed by atoms with Crippen LogP contribution in [0.1, 0.15) is 23.6 Å². The Hall–Kier alpha value is -2.37. The number of fused-ring (bicyclic) bond motifs is 1. The number of rotatable bonds is 6. The van der Waals surface area contributed by atoms with Crippen LogP contribution in [0.2, 0.25) is 0 Å². The van der Waals surface area contributed by atoms with Crippen molar-refractivity contribution in [2.45, 2.75) is 26.3 Å². The lowest BCUT2D eigenvalue weighted by atomic mass is 10.1. The lowest BCUT2D eigenvalue weighted by molar-refractivity contribution is -1.02. The second kappa shape index (κ2) is 8.76. The Labute approximate surface area is 167 Å². The molecule has 2 heterocycles. The van der Waals surface area contributed by atoms with Crippen LogP contribution in [0, 0.1) is 0 Å². The van der Waals surface area contributed by atoms with E-state index in [1.807, 2.05) is 12.1 Å². The van der Waals surface area contributed by atoms with Crippen LogP contribution >= 0.6 is 0 Å². The highest BCUT2D eigenvalue weighted by atomic mass is 16.5. The highest BCUT2D eigenvalue weighted by Gasteiger charge is 2.25. The first-order chi connectivity index (χ1) is 13.7. The predicted molar refractivity (Wildman–Crippen MR) is 110 cm³/mol. The van der Waals surface area contributed by atoms with Gasteiger partial charge in [-0.2, -0.15) is 0 Å². The summed E-state index contributed by atoms with van der Waals surface area (Å²) in [6, 6.07) is 14.8. The Kier molecular flexibility index (Phi) is 5.93. The van der Waals surface area contributed by atoms with Gasteiger partial charge in [-0.15, -0.1) is 0 Å². The summed E-state index contributed by atoms with van der Waals surface area (Å²) < 4.78 is 5.60. The number of aryl methyl sites for hydroxylation is 1. The Morgan fingerprint density at radius 3 is 2.46 bits per heavy atom. The zero-order valence-corrected chi connectivity index (χ0v) is 16.7. The van der Waals surface area contributed by atoms with Gasteiger partial charge >= 0.3 is 0 Å². The number of anilines is 1. The molecular formula is C23H31N3O2+2. The molecule has 28 heavy (non-hydrogen) atoms. The summed E-state index contributed by atoms with van der Waals surface area (Å²) in [4.78, 5) is 15.4. The summed E-state index contributed by atoms with van der Waals surface area (Å²) in [6.45, 7) is 8.89. The van der Waals surface area contributed by atoms with Crippen molar-refractivity contribution in [3.8, 4) is 5.75 Å². The third-order valence-corrected chi connectivity index (χ3v) is 5.93. The fourth-order valence-electron chi connectivity index (χ4n) is 4.21. The summed E-state index contributed by atoms with van der Waals surface area (Å²) >= 11 is 0. The first kappa shape index (κ1) is 19.0. The average Bonchev–Trinajstić information content (AvgIpc) is 3.18. The number of benzene rings is 2. The largest absolute Gasteiger partial charge is 0.493 e. The number of nitrogens with one attached hydrogen (secondary N) is 3. The van der Waals surface area contributed by atoms with Gasteiger partial charge in [-0.05, 0) is 47.9 Å². The second-order valence-corrected chi connectivity index (χ2v) is 7.99. The molecule has 2 aliphatic heterocycles. The number of hydrogen-bond acceptors (Lipinski definition) is 2. The van der Waals surface area contributed by atoms with E-state index in [4.69, 9.17) is 4.74 Å². The molecule has 3 N–H and O–H groups in total. The summed E-state index contributed by atoms with van der Waals surface area (Å²) in [5, 5.41) is 3.04. The number of carbonyl (C=O) groups excluding carboxylic acids is 1. The van der Waals surface area contributed by atoms with E-state index >= 15 is 0 Å². The minimum atomic E-state index is 0.112. The van der Waals surface area contributed by atoms with Crippen LogP contribution in [0.4, 0.5) is 5.69 Å². The van der Waals surface area contributed by atoms with Gasteiger partial charge in [0, 0.05) is 17.7 Å². The summed E-state index contributed by atoms with van der Waals surface area (Å²) in [5.74, 6) is 1.17. The van der Waals surface area contributed by atoms with Crippen molar-refractivity contribution >= 4 is 11.6 Å². The summed E-state index contributed by atoms with van der Waals surface area (Å²) in [6.07, 6.45) is 2.05. The molecule has 0 radical (unpaired) electrons. The zero-order chi connectivity index (χ0) is 19.3. The molecule has 5 heteroatoms. The standard InChI is InChI=1S/C23H29N3O2/c1-2-18-3-6-21(7-4-18)24-23(27)17-26-12-10-25(11-13-26)16-19-5-8-22-20(15-19)9-14-28-22/h3-8,15H,2,9-14,16-17H2,1H3,(H,24,27)/p+2. The van der Waals surface area contributed by atoms with Crippen LogP contribution in [-0.2, 0) is 24.2 Å². The van der Waals surface area contributed by atoms with Crippen molar-refractivity contribution in [2.24, 2.45) is 0 Å². The van der Waals surface area contributed by atoms with Crippen molar-refractivity contribution < 1.29 is 19.3 Å². The quantitative estimate of drug-likeness (QED) is 0.665. The van der Waals surface area contributed by atoms with Gasteiger partial charge in [0.25, 0.3) is 5.91 Å². The molecule has 0 saturated carbocycles. The van der Waals surface area contributed by atoms with Crippen LogP contribution < -0.4 is 19.9 Å². The summed E-state index contributed by atoms with van der Waals surface area (Å²) in [7, 11) is 0. The topological polar surface area (TPSA) is 47.2 Å². The number of hydrogen-bond donors (Lipinski definition) is 3. The lowest BCUT2D eigenvalue weighted by Gasteiger charge is -2.29. The molecule has 2 aromatic carbocycles. The fraction of sp³-hybridized carbons (Fsp3) is 0.435.